The number of hydrogen-bond acceptors (Lipinski definition) is 3. The molecule has 1 unspecified atom stereocenters. The molecule has 3 heteroatoms. The monoisotopic (exact) mass is 313 g/mol. The van der Waals surface area contributed by atoms with Gasteiger partial charge in [0.25, 0.3) is 0 Å². The molecular formula is C18H19NS2. The van der Waals surface area contributed by atoms with Crippen molar-refractivity contribution in [1.29, 1.82) is 0 Å². The van der Waals surface area contributed by atoms with Gasteiger partial charge >= 0.3 is 0 Å². The standard InChI is InChI=1S/C18H19NS2/c1-2-19-17(13-21-15-8-4-3-5-9-15)16-10-6-7-14-11-12-20-18(14)16/h3-12,17,19H,2,13H2,1H3. The van der Waals surface area contributed by atoms with Crippen LogP contribution < -0.4 is 5.32 Å². The number of thioether (sulfide) groups is 1. The Labute approximate surface area is 134 Å². The Bertz CT molecular complexity index is 691. The van der Waals surface area contributed by atoms with Crippen LogP contribution in [0.3, 0.4) is 0 Å². The van der Waals surface area contributed by atoms with Crippen LogP contribution in [0.15, 0.2) is 64.9 Å². The molecule has 1 aromatic heterocycles. The van der Waals surface area contributed by atoms with Crippen LogP contribution in [0.4, 0.5) is 0 Å². The second-order valence-corrected chi connectivity index (χ2v) is 6.93. The second-order valence-electron chi connectivity index (χ2n) is 4.92. The van der Waals surface area contributed by atoms with Gasteiger partial charge in [-0.05, 0) is 41.1 Å². The predicted molar refractivity (Wildman–Crippen MR) is 95.4 cm³/mol. The van der Waals surface area contributed by atoms with Crippen LogP contribution in [0, 0.1) is 0 Å². The summed E-state index contributed by atoms with van der Waals surface area (Å²) in [6.07, 6.45) is 0. The Balaban J connectivity index is 1.82. The van der Waals surface area contributed by atoms with Crippen molar-refractivity contribution >= 4 is 33.2 Å². The van der Waals surface area contributed by atoms with Gasteiger partial charge in [0.2, 0.25) is 0 Å². The summed E-state index contributed by atoms with van der Waals surface area (Å²) < 4.78 is 1.41. The van der Waals surface area contributed by atoms with E-state index in [-0.39, 0.29) is 0 Å². The van der Waals surface area contributed by atoms with Crippen molar-refractivity contribution in [2.45, 2.75) is 17.9 Å². The van der Waals surface area contributed by atoms with Crippen LogP contribution in [0.2, 0.25) is 0 Å². The zero-order valence-corrected chi connectivity index (χ0v) is 13.7. The van der Waals surface area contributed by atoms with Gasteiger partial charge in [-0.2, -0.15) is 0 Å². The average molecular weight is 313 g/mol. The highest BCUT2D eigenvalue weighted by atomic mass is 32.2. The molecule has 3 rings (SSSR count). The molecule has 1 heterocycles. The lowest BCUT2D eigenvalue weighted by molar-refractivity contribution is 0.610. The van der Waals surface area contributed by atoms with E-state index in [0.717, 1.165) is 12.3 Å². The molecule has 0 radical (unpaired) electrons. The highest BCUT2D eigenvalue weighted by Gasteiger charge is 2.14. The predicted octanol–water partition coefficient (Wildman–Crippen LogP) is 5.34. The van der Waals surface area contributed by atoms with Gasteiger partial charge in [0, 0.05) is 21.4 Å². The van der Waals surface area contributed by atoms with E-state index in [1.165, 1.54) is 20.5 Å². The van der Waals surface area contributed by atoms with Gasteiger partial charge in [-0.3, -0.25) is 0 Å². The number of nitrogens with one attached hydrogen (secondary N) is 1. The molecule has 0 aliphatic carbocycles. The molecule has 1 N–H and O–H groups in total. The van der Waals surface area contributed by atoms with Crippen LogP contribution >= 0.6 is 23.1 Å². The Morgan fingerprint density at radius 1 is 1.05 bits per heavy atom. The third-order valence-electron chi connectivity index (χ3n) is 3.50. The van der Waals surface area contributed by atoms with E-state index in [1.807, 2.05) is 23.1 Å². The molecule has 0 saturated heterocycles. The average Bonchev–Trinajstić information content (AvgIpc) is 3.01. The molecule has 0 bridgehead atoms. The first-order valence-corrected chi connectivity index (χ1v) is 9.12. The third kappa shape index (κ3) is 3.49. The summed E-state index contributed by atoms with van der Waals surface area (Å²) in [5.74, 6) is 1.05. The maximum Gasteiger partial charge on any atom is 0.0429 e. The van der Waals surface area contributed by atoms with E-state index in [2.05, 4.69) is 72.2 Å². The molecular weight excluding hydrogens is 294 g/mol. The van der Waals surface area contributed by atoms with E-state index >= 15 is 0 Å². The SMILES string of the molecule is CCNC(CSc1ccccc1)c1cccc2ccsc12. The van der Waals surface area contributed by atoms with Gasteiger partial charge in [0.15, 0.2) is 0 Å². The number of fused-ring (bicyclic) bond motifs is 1. The lowest BCUT2D eigenvalue weighted by Crippen LogP contribution is -2.23. The molecule has 0 aliphatic heterocycles. The topological polar surface area (TPSA) is 12.0 Å². The molecule has 0 aliphatic rings. The zero-order valence-electron chi connectivity index (χ0n) is 12.1. The molecule has 0 saturated carbocycles. The van der Waals surface area contributed by atoms with E-state index in [0.29, 0.717) is 6.04 Å². The van der Waals surface area contributed by atoms with Crippen LogP contribution in [-0.2, 0) is 0 Å². The van der Waals surface area contributed by atoms with Crippen LogP contribution in [0.25, 0.3) is 10.1 Å². The molecule has 0 fully saturated rings. The maximum atomic E-state index is 3.64. The minimum absolute atomic E-state index is 0.391. The number of thiophene rings is 1. The molecule has 1 nitrogen and oxygen atoms in total. The fourth-order valence-corrected chi connectivity index (χ4v) is 4.47. The van der Waals surface area contributed by atoms with Gasteiger partial charge in [0.05, 0.1) is 0 Å². The van der Waals surface area contributed by atoms with Gasteiger partial charge < -0.3 is 5.32 Å². The van der Waals surface area contributed by atoms with Crippen LogP contribution in [0.1, 0.15) is 18.5 Å². The summed E-state index contributed by atoms with van der Waals surface area (Å²) in [4.78, 5) is 1.33. The number of benzene rings is 2. The smallest absolute Gasteiger partial charge is 0.0429 e. The quantitative estimate of drug-likeness (QED) is 0.616. The molecule has 3 aromatic rings. The van der Waals surface area contributed by atoms with Crippen molar-refractivity contribution in [3.63, 3.8) is 0 Å². The molecule has 2 aromatic carbocycles. The minimum atomic E-state index is 0.391. The van der Waals surface area contributed by atoms with E-state index in [9.17, 15) is 0 Å². The lowest BCUT2D eigenvalue weighted by Gasteiger charge is -2.19. The number of hydrogen-bond donors (Lipinski definition) is 1. The van der Waals surface area contributed by atoms with Crippen LogP contribution in [-0.4, -0.2) is 12.3 Å². The third-order valence-corrected chi connectivity index (χ3v) is 5.58. The van der Waals surface area contributed by atoms with Crippen LogP contribution in [0.5, 0.6) is 0 Å². The van der Waals surface area contributed by atoms with Crippen molar-refractivity contribution in [2.75, 3.05) is 12.3 Å². The highest BCUT2D eigenvalue weighted by molar-refractivity contribution is 7.99. The maximum absolute atomic E-state index is 3.64. The Morgan fingerprint density at radius 2 is 1.90 bits per heavy atom. The fourth-order valence-electron chi connectivity index (χ4n) is 2.49. The summed E-state index contributed by atoms with van der Waals surface area (Å²) in [7, 11) is 0. The summed E-state index contributed by atoms with van der Waals surface area (Å²) in [6, 6.07) is 19.9. The second kappa shape index (κ2) is 7.12. The van der Waals surface area contributed by atoms with Crippen molar-refractivity contribution in [3.05, 3.63) is 65.5 Å². The first kappa shape index (κ1) is 14.6. The van der Waals surface area contributed by atoms with Gasteiger partial charge in [-0.1, -0.05) is 43.3 Å². The van der Waals surface area contributed by atoms with Gasteiger partial charge in [-0.15, -0.1) is 23.1 Å². The van der Waals surface area contributed by atoms with Crippen molar-refractivity contribution in [2.24, 2.45) is 0 Å². The summed E-state index contributed by atoms with van der Waals surface area (Å²) in [5, 5.41) is 7.17. The number of rotatable bonds is 6. The highest BCUT2D eigenvalue weighted by Crippen LogP contribution is 2.32. The first-order chi connectivity index (χ1) is 10.4. The normalized spacial score (nSPS) is 12.6. The van der Waals surface area contributed by atoms with E-state index in [4.69, 9.17) is 0 Å². The largest absolute Gasteiger partial charge is 0.309 e. The Kier molecular flexibility index (Phi) is 4.96. The molecule has 1 atom stereocenters. The van der Waals surface area contributed by atoms with Gasteiger partial charge in [0.1, 0.15) is 0 Å². The van der Waals surface area contributed by atoms with Crippen molar-refractivity contribution in [1.82, 2.24) is 5.32 Å². The fraction of sp³-hybridized carbons (Fsp3) is 0.222. The molecule has 21 heavy (non-hydrogen) atoms. The molecule has 0 spiro atoms. The van der Waals surface area contributed by atoms with E-state index < -0.39 is 0 Å². The minimum Gasteiger partial charge on any atom is -0.309 e. The summed E-state index contributed by atoms with van der Waals surface area (Å²) >= 11 is 3.76. The van der Waals surface area contributed by atoms with Crippen molar-refractivity contribution < 1.29 is 0 Å². The Morgan fingerprint density at radius 3 is 2.71 bits per heavy atom. The van der Waals surface area contributed by atoms with E-state index in [1.54, 1.807) is 0 Å². The Hall–Kier alpha value is -1.29. The first-order valence-electron chi connectivity index (χ1n) is 7.26. The zero-order chi connectivity index (χ0) is 14.5. The van der Waals surface area contributed by atoms with Crippen molar-refractivity contribution in [3.8, 4) is 0 Å². The molecule has 108 valence electrons. The lowest BCUT2D eigenvalue weighted by atomic mass is 10.1. The van der Waals surface area contributed by atoms with Gasteiger partial charge in [-0.25, -0.2) is 0 Å². The summed E-state index contributed by atoms with van der Waals surface area (Å²) in [5.41, 5.74) is 1.42. The molecule has 0 amide bonds. The summed E-state index contributed by atoms with van der Waals surface area (Å²) in [6.45, 7) is 3.16.